The molecule has 1 aliphatic heterocycles. The highest BCUT2D eigenvalue weighted by Crippen LogP contribution is 2.38. The van der Waals surface area contributed by atoms with Gasteiger partial charge in [-0.05, 0) is 54.2 Å². The molecule has 6 heteroatoms. The van der Waals surface area contributed by atoms with Gasteiger partial charge in [-0.2, -0.15) is 0 Å². The van der Waals surface area contributed by atoms with E-state index in [1.165, 1.54) is 29.6 Å². The van der Waals surface area contributed by atoms with Crippen LogP contribution in [-0.4, -0.2) is 61.2 Å². The molecule has 34 heavy (non-hydrogen) atoms. The van der Waals surface area contributed by atoms with Crippen LogP contribution in [0, 0.1) is 0 Å². The van der Waals surface area contributed by atoms with Crippen molar-refractivity contribution in [3.05, 3.63) is 59.4 Å². The third kappa shape index (κ3) is 4.17. The summed E-state index contributed by atoms with van der Waals surface area (Å²) in [4.78, 5) is 21.7. The number of nitrogens with zero attached hydrogens (tertiary/aromatic N) is 3. The first-order chi connectivity index (χ1) is 16.6. The average molecular weight is 460 g/mol. The number of ether oxygens (including phenoxy) is 2. The topological polar surface area (TPSA) is 54.9 Å². The number of carbonyl (C=O) groups excluding carboxylic acids is 1. The predicted octanol–water partition coefficient (Wildman–Crippen LogP) is 5.33. The van der Waals surface area contributed by atoms with Crippen LogP contribution in [0.15, 0.2) is 48.2 Å². The van der Waals surface area contributed by atoms with Gasteiger partial charge in [0.15, 0.2) is 11.5 Å². The molecule has 0 saturated heterocycles. The molecule has 2 aliphatic carbocycles. The number of aromatic nitrogens is 1. The smallest absolute Gasteiger partial charge is 0.320 e. The van der Waals surface area contributed by atoms with Gasteiger partial charge in [0.1, 0.15) is 0 Å². The van der Waals surface area contributed by atoms with E-state index in [1.54, 1.807) is 14.2 Å². The maximum Gasteiger partial charge on any atom is 0.320 e. The summed E-state index contributed by atoms with van der Waals surface area (Å²) in [5.74, 6) is 1.42. The van der Waals surface area contributed by atoms with Crippen LogP contribution >= 0.6 is 0 Å². The molecule has 0 atom stereocenters. The van der Waals surface area contributed by atoms with Crippen molar-refractivity contribution in [2.24, 2.45) is 0 Å². The summed E-state index contributed by atoms with van der Waals surface area (Å²) in [7, 11) is 5.26. The monoisotopic (exact) mass is 459 g/mol. The van der Waals surface area contributed by atoms with Crippen molar-refractivity contribution in [1.82, 2.24) is 14.8 Å². The molecule has 2 amide bonds. The number of fused-ring (bicyclic) bond motifs is 1. The van der Waals surface area contributed by atoms with Crippen molar-refractivity contribution in [3.8, 4) is 22.6 Å². The van der Waals surface area contributed by atoms with Gasteiger partial charge in [0, 0.05) is 49.9 Å². The van der Waals surface area contributed by atoms with E-state index in [-0.39, 0.29) is 6.03 Å². The van der Waals surface area contributed by atoms with Crippen molar-refractivity contribution in [2.45, 2.75) is 44.6 Å². The lowest BCUT2D eigenvalue weighted by molar-refractivity contribution is 0.150. The second kappa shape index (κ2) is 9.53. The number of pyridine rings is 1. The molecule has 1 saturated carbocycles. The van der Waals surface area contributed by atoms with Crippen LogP contribution in [0.5, 0.6) is 11.5 Å². The SMILES string of the molecule is COc1ccc(-c2cnc3c(c2)C(C2=CCN(C(=O)N(C)C4CCCC4)CC2)=CC3)cc1OC. The predicted molar refractivity (Wildman–Crippen MR) is 134 cm³/mol. The number of allylic oxidation sites excluding steroid dienone is 2. The van der Waals surface area contributed by atoms with Gasteiger partial charge in [0.05, 0.1) is 19.9 Å². The molecular weight excluding hydrogens is 426 g/mol. The summed E-state index contributed by atoms with van der Waals surface area (Å²) in [6, 6.07) is 8.76. The molecule has 0 unspecified atom stereocenters. The maximum absolute atomic E-state index is 13.0. The van der Waals surface area contributed by atoms with E-state index < -0.39 is 0 Å². The zero-order chi connectivity index (χ0) is 23.7. The van der Waals surface area contributed by atoms with E-state index >= 15 is 0 Å². The fourth-order valence-electron chi connectivity index (χ4n) is 5.43. The lowest BCUT2D eigenvalue weighted by atomic mass is 9.94. The second-order valence-electron chi connectivity index (χ2n) is 9.37. The Hall–Kier alpha value is -3.28. The first-order valence-corrected chi connectivity index (χ1v) is 12.2. The minimum atomic E-state index is 0.167. The van der Waals surface area contributed by atoms with E-state index in [4.69, 9.17) is 14.5 Å². The molecular formula is C28H33N3O3. The molecule has 0 N–H and O–H groups in total. The van der Waals surface area contributed by atoms with Crippen LogP contribution in [0.1, 0.15) is 43.4 Å². The molecule has 1 aromatic heterocycles. The molecule has 2 heterocycles. The van der Waals surface area contributed by atoms with E-state index in [1.807, 2.05) is 41.2 Å². The van der Waals surface area contributed by atoms with Crippen LogP contribution in [0.3, 0.4) is 0 Å². The molecule has 3 aliphatic rings. The largest absolute Gasteiger partial charge is 0.493 e. The number of carbonyl (C=O) groups is 1. The summed E-state index contributed by atoms with van der Waals surface area (Å²) in [5.41, 5.74) is 6.99. The van der Waals surface area contributed by atoms with Gasteiger partial charge in [-0.1, -0.05) is 31.1 Å². The highest BCUT2D eigenvalue weighted by atomic mass is 16.5. The van der Waals surface area contributed by atoms with Gasteiger partial charge < -0.3 is 19.3 Å². The summed E-state index contributed by atoms with van der Waals surface area (Å²) in [6.45, 7) is 1.43. The van der Waals surface area contributed by atoms with Gasteiger partial charge in [-0.3, -0.25) is 4.98 Å². The third-order valence-electron chi connectivity index (χ3n) is 7.48. The van der Waals surface area contributed by atoms with Gasteiger partial charge in [0.25, 0.3) is 0 Å². The molecule has 0 bridgehead atoms. The summed E-state index contributed by atoms with van der Waals surface area (Å²) in [6.07, 6.45) is 12.9. The van der Waals surface area contributed by atoms with Crippen LogP contribution in [-0.2, 0) is 6.42 Å². The van der Waals surface area contributed by atoms with Gasteiger partial charge in [-0.15, -0.1) is 0 Å². The summed E-state index contributed by atoms with van der Waals surface area (Å²) in [5, 5.41) is 0. The van der Waals surface area contributed by atoms with Crippen LogP contribution in [0.2, 0.25) is 0 Å². The Labute approximate surface area is 201 Å². The number of hydrogen-bond acceptors (Lipinski definition) is 4. The lowest BCUT2D eigenvalue weighted by Crippen LogP contribution is -2.46. The average Bonchev–Trinajstić information content (AvgIpc) is 3.57. The van der Waals surface area contributed by atoms with Crippen LogP contribution in [0.25, 0.3) is 16.7 Å². The van der Waals surface area contributed by atoms with E-state index in [9.17, 15) is 4.79 Å². The van der Waals surface area contributed by atoms with Crippen molar-refractivity contribution in [1.29, 1.82) is 0 Å². The lowest BCUT2D eigenvalue weighted by Gasteiger charge is -2.33. The molecule has 6 nitrogen and oxygen atoms in total. The van der Waals surface area contributed by atoms with Crippen LogP contribution in [0.4, 0.5) is 4.79 Å². The fraction of sp³-hybridized carbons (Fsp3) is 0.429. The van der Waals surface area contributed by atoms with Gasteiger partial charge >= 0.3 is 6.03 Å². The molecule has 2 aromatic rings. The fourth-order valence-corrected chi connectivity index (χ4v) is 5.43. The van der Waals surface area contributed by atoms with E-state index in [2.05, 4.69) is 18.2 Å². The first-order valence-electron chi connectivity index (χ1n) is 12.2. The molecule has 1 aromatic carbocycles. The molecule has 5 rings (SSSR count). The number of methoxy groups -OCH3 is 2. The highest BCUT2D eigenvalue weighted by molar-refractivity contribution is 5.86. The molecule has 0 spiro atoms. The zero-order valence-corrected chi connectivity index (χ0v) is 20.3. The summed E-state index contributed by atoms with van der Waals surface area (Å²) >= 11 is 0. The van der Waals surface area contributed by atoms with Crippen molar-refractivity contribution < 1.29 is 14.3 Å². The number of amides is 2. The van der Waals surface area contributed by atoms with E-state index in [0.29, 0.717) is 24.1 Å². The normalized spacial score (nSPS) is 17.8. The molecule has 1 fully saturated rings. The van der Waals surface area contributed by atoms with Gasteiger partial charge in [-0.25, -0.2) is 4.79 Å². The van der Waals surface area contributed by atoms with Crippen molar-refractivity contribution in [2.75, 3.05) is 34.4 Å². The van der Waals surface area contributed by atoms with Crippen molar-refractivity contribution >= 4 is 11.6 Å². The minimum Gasteiger partial charge on any atom is -0.493 e. The molecule has 0 radical (unpaired) electrons. The Balaban J connectivity index is 1.33. The summed E-state index contributed by atoms with van der Waals surface area (Å²) < 4.78 is 10.9. The molecule has 178 valence electrons. The quantitative estimate of drug-likeness (QED) is 0.606. The Bertz CT molecular complexity index is 1150. The minimum absolute atomic E-state index is 0.167. The standard InChI is InChI=1S/C28H33N3O3/c1-30(22-6-4-5-7-22)28(32)31-14-12-19(13-15-31)23-9-10-25-24(23)16-21(18-29-25)20-8-11-26(33-2)27(17-20)34-3/h8-9,11-12,16-18,22H,4-7,10,13-15H2,1-3H3. The number of urea groups is 1. The Morgan fingerprint density at radius 1 is 1.06 bits per heavy atom. The maximum atomic E-state index is 13.0. The number of benzene rings is 1. The third-order valence-corrected chi connectivity index (χ3v) is 7.48. The van der Waals surface area contributed by atoms with E-state index in [0.717, 1.165) is 49.0 Å². The van der Waals surface area contributed by atoms with Crippen LogP contribution < -0.4 is 9.47 Å². The first kappa shape index (κ1) is 22.5. The van der Waals surface area contributed by atoms with Gasteiger partial charge in [0.2, 0.25) is 0 Å². The zero-order valence-electron chi connectivity index (χ0n) is 20.3. The second-order valence-corrected chi connectivity index (χ2v) is 9.37. The Morgan fingerprint density at radius 3 is 2.56 bits per heavy atom. The Kier molecular flexibility index (Phi) is 6.31. The highest BCUT2D eigenvalue weighted by Gasteiger charge is 2.29. The Morgan fingerprint density at radius 2 is 1.85 bits per heavy atom. The number of rotatable bonds is 5. The number of hydrogen-bond donors (Lipinski definition) is 0. The van der Waals surface area contributed by atoms with Crippen molar-refractivity contribution in [3.63, 3.8) is 0 Å².